The highest BCUT2D eigenvalue weighted by molar-refractivity contribution is 5.64. The van der Waals surface area contributed by atoms with E-state index in [0.29, 0.717) is 5.82 Å². The third-order valence-electron chi connectivity index (χ3n) is 2.22. The molecule has 2 nitrogen and oxygen atoms in total. The van der Waals surface area contributed by atoms with Crippen molar-refractivity contribution >= 4 is 0 Å². The lowest BCUT2D eigenvalue weighted by Gasteiger charge is -2.11. The van der Waals surface area contributed by atoms with Crippen LogP contribution in [0.2, 0.25) is 0 Å². The van der Waals surface area contributed by atoms with Crippen LogP contribution in [-0.2, 0) is 6.18 Å². The number of nitrogens with zero attached hydrogens (tertiary/aromatic N) is 2. The quantitative estimate of drug-likeness (QED) is 0.760. The molecule has 0 aliphatic heterocycles. The molecule has 0 saturated carbocycles. The zero-order valence-corrected chi connectivity index (χ0v) is 8.92. The van der Waals surface area contributed by atoms with Gasteiger partial charge in [-0.05, 0) is 19.1 Å². The summed E-state index contributed by atoms with van der Waals surface area (Å²) in [6.45, 7) is 1.61. The Morgan fingerprint density at radius 2 is 1.88 bits per heavy atom. The molecule has 87 valence electrons. The summed E-state index contributed by atoms with van der Waals surface area (Å²) >= 11 is 0. The molecule has 17 heavy (non-hydrogen) atoms. The zero-order valence-electron chi connectivity index (χ0n) is 8.92. The molecule has 0 saturated heterocycles. The molecule has 2 aromatic rings. The highest BCUT2D eigenvalue weighted by Crippen LogP contribution is 2.35. The number of aromatic nitrogens is 2. The van der Waals surface area contributed by atoms with Gasteiger partial charge in [0.2, 0.25) is 0 Å². The molecular weight excluding hydrogens is 229 g/mol. The van der Waals surface area contributed by atoms with Gasteiger partial charge in [-0.3, -0.25) is 0 Å². The van der Waals surface area contributed by atoms with Gasteiger partial charge in [-0.1, -0.05) is 18.2 Å². The van der Waals surface area contributed by atoms with Crippen molar-refractivity contribution in [1.82, 2.24) is 9.97 Å². The van der Waals surface area contributed by atoms with Crippen LogP contribution in [0.4, 0.5) is 13.2 Å². The smallest absolute Gasteiger partial charge is 0.233 e. The summed E-state index contributed by atoms with van der Waals surface area (Å²) in [7, 11) is 0. The maximum absolute atomic E-state index is 12.8. The van der Waals surface area contributed by atoms with Gasteiger partial charge in [0.05, 0.1) is 17.5 Å². The van der Waals surface area contributed by atoms with Crippen LogP contribution in [0.25, 0.3) is 11.3 Å². The third kappa shape index (κ3) is 2.43. The summed E-state index contributed by atoms with van der Waals surface area (Å²) in [4.78, 5) is 7.72. The Labute approximate surface area is 96.2 Å². The fraction of sp³-hybridized carbons (Fsp3) is 0.167. The molecule has 0 spiro atoms. The maximum Gasteiger partial charge on any atom is 0.417 e. The summed E-state index contributed by atoms with van der Waals surface area (Å²) in [6, 6.07) is 6.66. The Bertz CT molecular complexity index is 535. The first-order chi connectivity index (χ1) is 7.98. The molecule has 0 atom stereocenters. The number of hydrogen-bond donors (Lipinski definition) is 0. The van der Waals surface area contributed by atoms with Crippen LogP contribution in [0.3, 0.4) is 0 Å². The van der Waals surface area contributed by atoms with Crippen LogP contribution in [0.1, 0.15) is 11.4 Å². The van der Waals surface area contributed by atoms with Crippen molar-refractivity contribution in [3.05, 3.63) is 47.9 Å². The van der Waals surface area contributed by atoms with Crippen molar-refractivity contribution in [3.63, 3.8) is 0 Å². The average Bonchev–Trinajstić information content (AvgIpc) is 2.28. The van der Waals surface area contributed by atoms with E-state index in [2.05, 4.69) is 16.2 Å². The van der Waals surface area contributed by atoms with E-state index in [1.165, 1.54) is 18.2 Å². The standard InChI is InChI=1S/C12H8F3N2/c1-8-16-7-6-11(17-8)9-4-2-3-5-10(9)12(13,14)15/h2-6H,1H3. The minimum absolute atomic E-state index is 0.0433. The molecule has 1 aromatic carbocycles. The minimum atomic E-state index is -4.39. The fourth-order valence-electron chi connectivity index (χ4n) is 1.51. The van der Waals surface area contributed by atoms with E-state index in [9.17, 15) is 13.2 Å². The van der Waals surface area contributed by atoms with Crippen LogP contribution < -0.4 is 0 Å². The van der Waals surface area contributed by atoms with Gasteiger partial charge < -0.3 is 0 Å². The molecule has 0 aliphatic rings. The van der Waals surface area contributed by atoms with Gasteiger partial charge in [-0.15, -0.1) is 0 Å². The van der Waals surface area contributed by atoms with Gasteiger partial charge in [-0.25, -0.2) is 9.97 Å². The molecule has 0 bridgehead atoms. The van der Waals surface area contributed by atoms with E-state index in [1.807, 2.05) is 0 Å². The van der Waals surface area contributed by atoms with Crippen molar-refractivity contribution < 1.29 is 13.2 Å². The van der Waals surface area contributed by atoms with E-state index in [0.717, 1.165) is 6.07 Å². The Morgan fingerprint density at radius 1 is 1.18 bits per heavy atom. The van der Waals surface area contributed by atoms with Crippen LogP contribution >= 0.6 is 0 Å². The summed E-state index contributed by atoms with van der Waals surface area (Å²) in [5.41, 5.74) is -0.432. The molecule has 5 heteroatoms. The Hall–Kier alpha value is -1.91. The number of alkyl halides is 3. The number of halogens is 3. The van der Waals surface area contributed by atoms with Gasteiger partial charge >= 0.3 is 6.18 Å². The van der Waals surface area contributed by atoms with E-state index in [4.69, 9.17) is 0 Å². The van der Waals surface area contributed by atoms with Crippen LogP contribution in [-0.4, -0.2) is 9.97 Å². The predicted octanol–water partition coefficient (Wildman–Crippen LogP) is 3.27. The predicted molar refractivity (Wildman–Crippen MR) is 56.0 cm³/mol. The van der Waals surface area contributed by atoms with E-state index < -0.39 is 11.7 Å². The van der Waals surface area contributed by atoms with E-state index >= 15 is 0 Å². The number of benzene rings is 1. The molecule has 0 fully saturated rings. The van der Waals surface area contributed by atoms with Crippen LogP contribution in [0, 0.1) is 13.1 Å². The molecular formula is C12H8F3N2. The van der Waals surface area contributed by atoms with Crippen LogP contribution in [0.15, 0.2) is 30.3 Å². The Balaban J connectivity index is 2.60. The summed E-state index contributed by atoms with van der Waals surface area (Å²) < 4.78 is 38.3. The third-order valence-corrected chi connectivity index (χ3v) is 2.22. The first-order valence-electron chi connectivity index (χ1n) is 4.87. The molecule has 1 aromatic heterocycles. The zero-order chi connectivity index (χ0) is 12.5. The lowest BCUT2D eigenvalue weighted by atomic mass is 10.0. The van der Waals surface area contributed by atoms with Crippen molar-refractivity contribution in [3.8, 4) is 11.3 Å². The fourth-order valence-corrected chi connectivity index (χ4v) is 1.51. The largest absolute Gasteiger partial charge is 0.417 e. The lowest BCUT2D eigenvalue weighted by molar-refractivity contribution is -0.137. The first kappa shape index (κ1) is 11.6. The summed E-state index contributed by atoms with van der Waals surface area (Å²) in [5, 5.41) is 0. The summed E-state index contributed by atoms with van der Waals surface area (Å²) in [5.74, 6) is 0.388. The highest BCUT2D eigenvalue weighted by atomic mass is 19.4. The van der Waals surface area contributed by atoms with Crippen molar-refractivity contribution in [2.24, 2.45) is 0 Å². The number of hydrogen-bond acceptors (Lipinski definition) is 2. The topological polar surface area (TPSA) is 25.8 Å². The molecule has 2 rings (SSSR count). The second kappa shape index (κ2) is 4.16. The molecule has 0 amide bonds. The molecule has 0 aliphatic carbocycles. The SMILES string of the molecule is Cc1n[c]cc(-c2ccccc2C(F)(F)F)n1. The van der Waals surface area contributed by atoms with Gasteiger partial charge in [0.25, 0.3) is 0 Å². The average molecular weight is 237 g/mol. The maximum atomic E-state index is 12.8. The van der Waals surface area contributed by atoms with E-state index in [-0.39, 0.29) is 11.3 Å². The van der Waals surface area contributed by atoms with Gasteiger partial charge in [-0.2, -0.15) is 13.2 Å². The highest BCUT2D eigenvalue weighted by Gasteiger charge is 2.33. The number of rotatable bonds is 1. The van der Waals surface area contributed by atoms with E-state index in [1.54, 1.807) is 13.0 Å². The minimum Gasteiger partial charge on any atom is -0.233 e. The second-order valence-corrected chi connectivity index (χ2v) is 3.47. The second-order valence-electron chi connectivity index (χ2n) is 3.47. The Kier molecular flexibility index (Phi) is 2.83. The summed E-state index contributed by atoms with van der Waals surface area (Å²) in [6.07, 6.45) is -1.87. The molecule has 1 heterocycles. The normalized spacial score (nSPS) is 11.5. The molecule has 0 unspecified atom stereocenters. The number of aryl methyl sites for hydroxylation is 1. The van der Waals surface area contributed by atoms with Crippen molar-refractivity contribution in [1.29, 1.82) is 0 Å². The molecule has 1 radical (unpaired) electrons. The van der Waals surface area contributed by atoms with Gasteiger partial charge in [0, 0.05) is 5.56 Å². The van der Waals surface area contributed by atoms with Crippen LogP contribution in [0.5, 0.6) is 0 Å². The van der Waals surface area contributed by atoms with Gasteiger partial charge in [0.15, 0.2) is 0 Å². The monoisotopic (exact) mass is 237 g/mol. The van der Waals surface area contributed by atoms with Crippen molar-refractivity contribution in [2.75, 3.05) is 0 Å². The Morgan fingerprint density at radius 3 is 2.53 bits per heavy atom. The first-order valence-corrected chi connectivity index (χ1v) is 4.87. The van der Waals surface area contributed by atoms with Crippen molar-refractivity contribution in [2.45, 2.75) is 13.1 Å². The van der Waals surface area contributed by atoms with Gasteiger partial charge in [0.1, 0.15) is 5.82 Å². The lowest BCUT2D eigenvalue weighted by Crippen LogP contribution is -2.07. The molecule has 0 N–H and O–H groups in total.